The summed E-state index contributed by atoms with van der Waals surface area (Å²) in [6, 6.07) is 28.2. The van der Waals surface area contributed by atoms with E-state index in [1.54, 1.807) is 12.5 Å². The van der Waals surface area contributed by atoms with Gasteiger partial charge in [-0.3, -0.25) is 4.98 Å². The van der Waals surface area contributed by atoms with E-state index in [9.17, 15) is 4.79 Å². The monoisotopic (exact) mass is 474 g/mol. The van der Waals surface area contributed by atoms with Gasteiger partial charge < -0.3 is 21.4 Å². The van der Waals surface area contributed by atoms with Gasteiger partial charge in [-0.1, -0.05) is 66.7 Å². The van der Waals surface area contributed by atoms with Gasteiger partial charge in [0.1, 0.15) is 5.52 Å². The molecule has 0 aliphatic heterocycles. The number of aromatic nitrogens is 5. The van der Waals surface area contributed by atoms with Crippen LogP contribution >= 0.6 is 0 Å². The number of nitrogens with two attached hydrogens (primary N) is 1. The summed E-state index contributed by atoms with van der Waals surface area (Å²) >= 11 is 0. The molecule has 5 N–H and O–H groups in total. The summed E-state index contributed by atoms with van der Waals surface area (Å²) in [4.78, 5) is 31.8. The smallest absolute Gasteiger partial charge is 0.323 e. The molecule has 0 spiro atoms. The van der Waals surface area contributed by atoms with Crippen molar-refractivity contribution in [3.05, 3.63) is 104 Å². The van der Waals surface area contributed by atoms with Crippen molar-refractivity contribution in [2.45, 2.75) is 0 Å². The van der Waals surface area contributed by atoms with E-state index in [2.05, 4.69) is 35.6 Å². The SMILES string of the molecule is Nc1nc(-c2ccccc2)nc2nc[nH]c12.O=C(Nc1ccccc1)Nc1cccc2cccnc12. The first-order valence-electron chi connectivity index (χ1n) is 11.2. The number of H-pyrrole nitrogens is 1. The van der Waals surface area contributed by atoms with Crippen LogP contribution in [0.1, 0.15) is 0 Å². The van der Waals surface area contributed by atoms with Crippen LogP contribution in [0.3, 0.4) is 0 Å². The standard InChI is InChI=1S/C16H13N3O.C11H9N5/c20-16(18-13-8-2-1-3-9-13)19-14-10-4-6-12-7-5-11-17-15(12)14;12-9-8-11(14-6-13-8)16-10(15-9)7-4-2-1-3-5-7/h1-11H,(H2,18,19,20);1-6H,(H3,12,13,14,15,16). The Morgan fingerprint density at radius 3 is 2.33 bits per heavy atom. The van der Waals surface area contributed by atoms with Crippen LogP contribution in [0.4, 0.5) is 22.0 Å². The predicted molar refractivity (Wildman–Crippen MR) is 142 cm³/mol. The number of carbonyl (C=O) groups excluding carboxylic acids is 1. The molecule has 3 heterocycles. The number of carbonyl (C=O) groups is 1. The topological polar surface area (TPSA) is 134 Å². The molecule has 0 bridgehead atoms. The number of imidazole rings is 1. The average Bonchev–Trinajstić information content (AvgIpc) is 3.40. The average molecular weight is 475 g/mol. The number of urea groups is 1. The lowest BCUT2D eigenvalue weighted by Gasteiger charge is -2.09. The van der Waals surface area contributed by atoms with Crippen LogP contribution in [-0.2, 0) is 0 Å². The van der Waals surface area contributed by atoms with Crippen LogP contribution < -0.4 is 16.4 Å². The van der Waals surface area contributed by atoms with Gasteiger partial charge in [0.15, 0.2) is 17.3 Å². The molecule has 2 amide bonds. The van der Waals surface area contributed by atoms with Crippen LogP contribution in [0.5, 0.6) is 0 Å². The summed E-state index contributed by atoms with van der Waals surface area (Å²) in [6.07, 6.45) is 3.27. The first-order chi connectivity index (χ1) is 17.7. The summed E-state index contributed by atoms with van der Waals surface area (Å²) in [7, 11) is 0. The molecule has 0 saturated carbocycles. The zero-order valence-corrected chi connectivity index (χ0v) is 19.1. The summed E-state index contributed by atoms with van der Waals surface area (Å²) < 4.78 is 0. The Labute approximate surface area is 206 Å². The van der Waals surface area contributed by atoms with E-state index in [0.717, 1.165) is 22.2 Å². The molecule has 6 rings (SSSR count). The molecule has 9 heteroatoms. The summed E-state index contributed by atoms with van der Waals surface area (Å²) in [5.41, 5.74) is 10.2. The first-order valence-corrected chi connectivity index (χ1v) is 11.2. The van der Waals surface area contributed by atoms with Crippen molar-refractivity contribution in [3.63, 3.8) is 0 Å². The highest BCUT2D eigenvalue weighted by Gasteiger charge is 2.08. The van der Waals surface area contributed by atoms with Crippen LogP contribution in [0, 0.1) is 0 Å². The normalized spacial score (nSPS) is 10.4. The third kappa shape index (κ3) is 5.10. The predicted octanol–water partition coefficient (Wildman–Crippen LogP) is 5.48. The van der Waals surface area contributed by atoms with E-state index < -0.39 is 0 Å². The number of amides is 2. The van der Waals surface area contributed by atoms with Crippen molar-refractivity contribution in [3.8, 4) is 11.4 Å². The number of rotatable bonds is 3. The second-order valence-electron chi connectivity index (χ2n) is 7.73. The summed E-state index contributed by atoms with van der Waals surface area (Å²) in [5, 5.41) is 6.59. The minimum absolute atomic E-state index is 0.283. The van der Waals surface area contributed by atoms with E-state index >= 15 is 0 Å². The van der Waals surface area contributed by atoms with Crippen molar-refractivity contribution < 1.29 is 4.79 Å². The molecule has 3 aromatic carbocycles. The third-order valence-electron chi connectivity index (χ3n) is 5.26. The van der Waals surface area contributed by atoms with E-state index in [4.69, 9.17) is 5.73 Å². The number of hydrogen-bond acceptors (Lipinski definition) is 6. The molecule has 0 fully saturated rings. The molecule has 0 aliphatic rings. The third-order valence-corrected chi connectivity index (χ3v) is 5.26. The van der Waals surface area contributed by atoms with E-state index in [1.165, 1.54) is 0 Å². The first kappa shape index (κ1) is 22.5. The maximum Gasteiger partial charge on any atom is 0.323 e. The van der Waals surface area contributed by atoms with Gasteiger partial charge in [0.05, 0.1) is 17.5 Å². The molecule has 0 unspecified atom stereocenters. The molecular formula is C27H22N8O. The Morgan fingerprint density at radius 2 is 1.53 bits per heavy atom. The van der Waals surface area contributed by atoms with Crippen molar-refractivity contribution in [2.75, 3.05) is 16.4 Å². The molecule has 6 aromatic rings. The minimum Gasteiger partial charge on any atom is -0.382 e. The van der Waals surface area contributed by atoms with Crippen molar-refractivity contribution in [1.82, 2.24) is 24.9 Å². The van der Waals surface area contributed by atoms with Gasteiger partial charge in [-0.2, -0.15) is 0 Å². The Kier molecular flexibility index (Phi) is 6.44. The number of aromatic amines is 1. The fourth-order valence-electron chi connectivity index (χ4n) is 3.58. The number of para-hydroxylation sites is 2. The maximum atomic E-state index is 12.0. The number of hydrogen-bond donors (Lipinski definition) is 4. The number of fused-ring (bicyclic) bond motifs is 2. The van der Waals surface area contributed by atoms with E-state index in [1.807, 2.05) is 91.0 Å². The maximum absolute atomic E-state index is 12.0. The van der Waals surface area contributed by atoms with Crippen LogP contribution in [-0.4, -0.2) is 31.0 Å². The van der Waals surface area contributed by atoms with E-state index in [0.29, 0.717) is 28.5 Å². The Balaban J connectivity index is 0.000000152. The highest BCUT2D eigenvalue weighted by atomic mass is 16.2. The molecule has 176 valence electrons. The van der Waals surface area contributed by atoms with Gasteiger partial charge >= 0.3 is 6.03 Å². The van der Waals surface area contributed by atoms with Crippen molar-refractivity contribution in [2.24, 2.45) is 0 Å². The van der Waals surface area contributed by atoms with Gasteiger partial charge in [-0.15, -0.1) is 0 Å². The number of nitrogens with one attached hydrogen (secondary N) is 3. The molecule has 9 nitrogen and oxygen atoms in total. The largest absolute Gasteiger partial charge is 0.382 e. The quantitative estimate of drug-likeness (QED) is 0.268. The lowest BCUT2D eigenvalue weighted by molar-refractivity contribution is 0.262. The molecule has 0 aliphatic carbocycles. The fourth-order valence-corrected chi connectivity index (χ4v) is 3.58. The van der Waals surface area contributed by atoms with E-state index in [-0.39, 0.29) is 6.03 Å². The molecule has 0 saturated heterocycles. The molecule has 36 heavy (non-hydrogen) atoms. The van der Waals surface area contributed by atoms with Crippen molar-refractivity contribution in [1.29, 1.82) is 0 Å². The van der Waals surface area contributed by atoms with Gasteiger partial charge in [-0.25, -0.2) is 19.7 Å². The zero-order valence-electron chi connectivity index (χ0n) is 19.1. The zero-order chi connectivity index (χ0) is 24.7. The van der Waals surface area contributed by atoms with Crippen LogP contribution in [0.2, 0.25) is 0 Å². The highest BCUT2D eigenvalue weighted by molar-refractivity contribution is 6.04. The lowest BCUT2D eigenvalue weighted by Crippen LogP contribution is -2.19. The van der Waals surface area contributed by atoms with Gasteiger partial charge in [-0.05, 0) is 24.3 Å². The highest BCUT2D eigenvalue weighted by Crippen LogP contribution is 2.21. The Hall–Kier alpha value is -5.31. The van der Waals surface area contributed by atoms with Gasteiger partial charge in [0.2, 0.25) is 0 Å². The molecular weight excluding hydrogens is 452 g/mol. The second kappa shape index (κ2) is 10.3. The van der Waals surface area contributed by atoms with Gasteiger partial charge in [0.25, 0.3) is 0 Å². The number of pyridine rings is 1. The summed E-state index contributed by atoms with van der Waals surface area (Å²) in [6.45, 7) is 0. The number of benzene rings is 3. The lowest BCUT2D eigenvalue weighted by atomic mass is 10.2. The molecule has 0 atom stereocenters. The second-order valence-corrected chi connectivity index (χ2v) is 7.73. The summed E-state index contributed by atoms with van der Waals surface area (Å²) in [5.74, 6) is 1.01. The van der Waals surface area contributed by atoms with Gasteiger partial charge in [0, 0.05) is 22.8 Å². The minimum atomic E-state index is -0.283. The van der Waals surface area contributed by atoms with Crippen molar-refractivity contribution >= 4 is 45.3 Å². The fraction of sp³-hybridized carbons (Fsp3) is 0. The number of nitrogens with zero attached hydrogens (tertiary/aromatic N) is 4. The molecule has 0 radical (unpaired) electrons. The number of anilines is 3. The number of nitrogen functional groups attached to an aromatic ring is 1. The molecule has 3 aromatic heterocycles. The van der Waals surface area contributed by atoms with Crippen LogP contribution in [0.15, 0.2) is 104 Å². The Bertz CT molecular complexity index is 1610. The Morgan fingerprint density at radius 1 is 0.778 bits per heavy atom. The van der Waals surface area contributed by atoms with Crippen LogP contribution in [0.25, 0.3) is 33.5 Å².